The second-order valence-electron chi connectivity index (χ2n) is 7.96. The van der Waals surface area contributed by atoms with Gasteiger partial charge in [-0.2, -0.15) is 11.8 Å². The SMILES string of the molecule is COc1ccc2nccc(C(O)C3CC4CCN3CC4CCSCCO)c2c1. The fraction of sp³-hybridized carbons (Fsp3) is 0.591. The number of thioether (sulfide) groups is 1. The molecular weight excluding hydrogens is 372 g/mol. The Morgan fingerprint density at radius 3 is 2.96 bits per heavy atom. The highest BCUT2D eigenvalue weighted by Gasteiger charge is 2.42. The van der Waals surface area contributed by atoms with Gasteiger partial charge in [-0.1, -0.05) is 0 Å². The molecular formula is C22H30N2O3S. The Bertz CT molecular complexity index is 802. The van der Waals surface area contributed by atoms with Crippen molar-refractivity contribution in [3.05, 3.63) is 36.0 Å². The highest BCUT2D eigenvalue weighted by Crippen LogP contribution is 2.43. The number of rotatable bonds is 8. The van der Waals surface area contributed by atoms with Gasteiger partial charge in [-0.3, -0.25) is 9.88 Å². The van der Waals surface area contributed by atoms with Crippen molar-refractivity contribution in [1.82, 2.24) is 9.88 Å². The van der Waals surface area contributed by atoms with E-state index in [2.05, 4.69) is 9.88 Å². The average Bonchev–Trinajstić information content (AvgIpc) is 2.75. The van der Waals surface area contributed by atoms with Crippen LogP contribution in [0.3, 0.4) is 0 Å². The fourth-order valence-corrected chi connectivity index (χ4v) is 5.78. The number of piperidine rings is 3. The number of nitrogens with zero attached hydrogens (tertiary/aromatic N) is 2. The molecule has 6 heteroatoms. The molecule has 0 saturated carbocycles. The fourth-order valence-electron chi connectivity index (χ4n) is 4.98. The van der Waals surface area contributed by atoms with Gasteiger partial charge in [0.05, 0.1) is 25.3 Å². The monoisotopic (exact) mass is 402 g/mol. The van der Waals surface area contributed by atoms with E-state index in [1.807, 2.05) is 36.0 Å². The molecule has 5 nitrogen and oxygen atoms in total. The molecule has 28 heavy (non-hydrogen) atoms. The molecule has 5 rings (SSSR count). The minimum atomic E-state index is -0.509. The van der Waals surface area contributed by atoms with Gasteiger partial charge < -0.3 is 14.9 Å². The van der Waals surface area contributed by atoms with Crippen molar-refractivity contribution in [1.29, 1.82) is 0 Å². The van der Waals surface area contributed by atoms with E-state index in [4.69, 9.17) is 9.84 Å². The summed E-state index contributed by atoms with van der Waals surface area (Å²) >= 11 is 1.85. The molecule has 3 saturated heterocycles. The standard InChI is InChI=1S/C22H30N2O3S/c1-27-17-2-3-20-19(13-17)18(4-7-23-20)22(26)21-12-15-5-8-24(21)14-16(15)6-10-28-11-9-25/h2-4,7,13,15-16,21-22,25-26H,5-6,8-12,14H2,1H3. The first kappa shape index (κ1) is 20.0. The van der Waals surface area contributed by atoms with E-state index >= 15 is 0 Å². The maximum absolute atomic E-state index is 11.3. The Morgan fingerprint density at radius 1 is 1.32 bits per heavy atom. The van der Waals surface area contributed by atoms with Crippen LogP contribution < -0.4 is 4.74 Å². The number of aliphatic hydroxyl groups is 2. The molecule has 2 bridgehead atoms. The van der Waals surface area contributed by atoms with Crippen LogP contribution in [-0.2, 0) is 0 Å². The molecule has 3 aliphatic rings. The Balaban J connectivity index is 1.49. The molecule has 152 valence electrons. The van der Waals surface area contributed by atoms with Crippen LogP contribution in [0.25, 0.3) is 10.9 Å². The molecule has 5 atom stereocenters. The van der Waals surface area contributed by atoms with Gasteiger partial charge in [0.1, 0.15) is 5.75 Å². The molecule has 5 unspecified atom stereocenters. The van der Waals surface area contributed by atoms with E-state index in [-0.39, 0.29) is 12.6 Å². The molecule has 0 radical (unpaired) electrons. The summed E-state index contributed by atoms with van der Waals surface area (Å²) in [7, 11) is 1.67. The van der Waals surface area contributed by atoms with E-state index in [1.165, 1.54) is 12.8 Å². The topological polar surface area (TPSA) is 65.8 Å². The van der Waals surface area contributed by atoms with E-state index < -0.39 is 6.10 Å². The number of methoxy groups -OCH3 is 1. The summed E-state index contributed by atoms with van der Waals surface area (Å²) in [4.78, 5) is 6.95. The predicted octanol–water partition coefficient (Wildman–Crippen LogP) is 3.10. The third kappa shape index (κ3) is 4.01. The zero-order valence-corrected chi connectivity index (χ0v) is 17.3. The van der Waals surface area contributed by atoms with Gasteiger partial charge >= 0.3 is 0 Å². The number of aromatic nitrogens is 1. The van der Waals surface area contributed by atoms with E-state index in [0.29, 0.717) is 5.92 Å². The highest BCUT2D eigenvalue weighted by atomic mass is 32.2. The number of hydrogen-bond acceptors (Lipinski definition) is 6. The van der Waals surface area contributed by atoms with Crippen molar-refractivity contribution < 1.29 is 14.9 Å². The third-order valence-electron chi connectivity index (χ3n) is 6.47. The Morgan fingerprint density at radius 2 is 2.21 bits per heavy atom. The maximum atomic E-state index is 11.3. The summed E-state index contributed by atoms with van der Waals surface area (Å²) in [6, 6.07) is 7.99. The summed E-state index contributed by atoms with van der Waals surface area (Å²) in [5.41, 5.74) is 1.85. The molecule has 0 aliphatic carbocycles. The second-order valence-corrected chi connectivity index (χ2v) is 9.18. The lowest BCUT2D eigenvalue weighted by atomic mass is 9.72. The van der Waals surface area contributed by atoms with Crippen molar-refractivity contribution in [2.75, 3.05) is 38.3 Å². The molecule has 4 heterocycles. The highest BCUT2D eigenvalue weighted by molar-refractivity contribution is 7.99. The van der Waals surface area contributed by atoms with Crippen molar-refractivity contribution in [3.63, 3.8) is 0 Å². The van der Waals surface area contributed by atoms with E-state index in [0.717, 1.165) is 59.1 Å². The van der Waals surface area contributed by atoms with Gasteiger partial charge in [0.25, 0.3) is 0 Å². The first-order valence-electron chi connectivity index (χ1n) is 10.2. The zero-order chi connectivity index (χ0) is 19.5. The van der Waals surface area contributed by atoms with Crippen LogP contribution in [0, 0.1) is 11.8 Å². The number of ether oxygens (including phenoxy) is 1. The summed E-state index contributed by atoms with van der Waals surface area (Å²) in [6.45, 7) is 2.43. The van der Waals surface area contributed by atoms with E-state index in [1.54, 1.807) is 13.3 Å². The maximum Gasteiger partial charge on any atom is 0.119 e. The number of pyridine rings is 1. The number of fused-ring (bicyclic) bond motifs is 4. The Hall–Kier alpha value is -1.34. The molecule has 0 spiro atoms. The molecule has 3 fully saturated rings. The normalized spacial score (nSPS) is 27.8. The lowest BCUT2D eigenvalue weighted by Crippen LogP contribution is -2.55. The molecule has 1 aromatic heterocycles. The van der Waals surface area contributed by atoms with Crippen LogP contribution in [0.5, 0.6) is 5.75 Å². The predicted molar refractivity (Wildman–Crippen MR) is 114 cm³/mol. The molecule has 2 aromatic rings. The summed E-state index contributed by atoms with van der Waals surface area (Å²) in [6.07, 6.45) is 4.80. The lowest BCUT2D eigenvalue weighted by molar-refractivity contribution is -0.0559. The van der Waals surface area contributed by atoms with Gasteiger partial charge in [-0.25, -0.2) is 0 Å². The van der Waals surface area contributed by atoms with Crippen molar-refractivity contribution >= 4 is 22.7 Å². The van der Waals surface area contributed by atoms with Crippen molar-refractivity contribution in [3.8, 4) is 5.75 Å². The van der Waals surface area contributed by atoms with Gasteiger partial charge in [0, 0.05) is 29.9 Å². The third-order valence-corrected chi connectivity index (χ3v) is 7.47. The van der Waals surface area contributed by atoms with Crippen LogP contribution in [-0.4, -0.2) is 64.5 Å². The zero-order valence-electron chi connectivity index (χ0n) is 16.5. The van der Waals surface area contributed by atoms with Crippen molar-refractivity contribution in [2.45, 2.75) is 31.4 Å². The molecule has 1 aromatic carbocycles. The second kappa shape index (κ2) is 8.99. The van der Waals surface area contributed by atoms with Gasteiger partial charge in [0.15, 0.2) is 0 Å². The summed E-state index contributed by atoms with van der Waals surface area (Å²) < 4.78 is 5.38. The Kier molecular flexibility index (Phi) is 6.41. The van der Waals surface area contributed by atoms with Crippen LogP contribution in [0.15, 0.2) is 30.5 Å². The molecule has 2 N–H and O–H groups in total. The van der Waals surface area contributed by atoms with Gasteiger partial charge in [-0.05, 0) is 73.2 Å². The first-order chi connectivity index (χ1) is 13.7. The van der Waals surface area contributed by atoms with Crippen LogP contribution in [0.2, 0.25) is 0 Å². The number of aliphatic hydroxyl groups excluding tert-OH is 2. The van der Waals surface area contributed by atoms with Gasteiger partial charge in [-0.15, -0.1) is 0 Å². The van der Waals surface area contributed by atoms with E-state index in [9.17, 15) is 5.11 Å². The van der Waals surface area contributed by atoms with Crippen LogP contribution in [0.1, 0.15) is 30.9 Å². The minimum absolute atomic E-state index is 0.178. The van der Waals surface area contributed by atoms with Crippen LogP contribution in [0.4, 0.5) is 0 Å². The van der Waals surface area contributed by atoms with Crippen LogP contribution >= 0.6 is 11.8 Å². The number of benzene rings is 1. The van der Waals surface area contributed by atoms with Gasteiger partial charge in [0.2, 0.25) is 0 Å². The summed E-state index contributed by atoms with van der Waals surface area (Å²) in [5.74, 6) is 4.16. The largest absolute Gasteiger partial charge is 0.497 e. The molecule has 0 amide bonds. The quantitative estimate of drug-likeness (QED) is 0.662. The number of hydrogen-bond donors (Lipinski definition) is 2. The first-order valence-corrected chi connectivity index (χ1v) is 11.4. The van der Waals surface area contributed by atoms with Crippen molar-refractivity contribution in [2.24, 2.45) is 11.8 Å². The molecule has 3 aliphatic heterocycles. The lowest BCUT2D eigenvalue weighted by Gasteiger charge is -2.51. The minimum Gasteiger partial charge on any atom is -0.497 e. The average molecular weight is 403 g/mol. The summed E-state index contributed by atoms with van der Waals surface area (Å²) in [5, 5.41) is 21.3. The Labute approximate surface area is 171 Å². The smallest absolute Gasteiger partial charge is 0.119 e.